The van der Waals surface area contributed by atoms with Crippen LogP contribution in [0.25, 0.3) is 0 Å². The molecule has 1 saturated heterocycles. The van der Waals surface area contributed by atoms with Gasteiger partial charge in [-0.1, -0.05) is 12.5 Å². The number of halogens is 1. The predicted octanol–water partition coefficient (Wildman–Crippen LogP) is 1.96. The number of aliphatic hydroxyl groups is 1. The fourth-order valence-electron chi connectivity index (χ4n) is 2.82. The summed E-state index contributed by atoms with van der Waals surface area (Å²) in [6.45, 7) is 3.53. The van der Waals surface area contributed by atoms with Gasteiger partial charge in [-0.05, 0) is 12.8 Å². The van der Waals surface area contributed by atoms with E-state index in [0.717, 1.165) is 25.7 Å². The van der Waals surface area contributed by atoms with Crippen molar-refractivity contribution in [3.05, 3.63) is 12.7 Å². The summed E-state index contributed by atoms with van der Waals surface area (Å²) >= 11 is 0. The zero-order valence-corrected chi connectivity index (χ0v) is 11.2. The first-order valence-corrected chi connectivity index (χ1v) is 7.00. The van der Waals surface area contributed by atoms with Crippen molar-refractivity contribution in [2.75, 3.05) is 19.8 Å². The van der Waals surface area contributed by atoms with Crippen LogP contribution in [0.5, 0.6) is 0 Å². The second-order valence-electron chi connectivity index (χ2n) is 5.22. The van der Waals surface area contributed by atoms with E-state index in [0.29, 0.717) is 6.61 Å². The molecule has 19 heavy (non-hydrogen) atoms. The standard InChI is InChI=1S/C14H23FO4/c1-2-8-17-13(11(15)9-16)12-10-18-14(19-12)6-4-3-5-7-14/h2,11-13,16H,1,3-10H2/t11-,12+,13-/m0/s1. The fourth-order valence-corrected chi connectivity index (χ4v) is 2.82. The van der Waals surface area contributed by atoms with Crippen molar-refractivity contribution in [3.63, 3.8) is 0 Å². The smallest absolute Gasteiger partial charge is 0.169 e. The van der Waals surface area contributed by atoms with Crippen LogP contribution in [-0.2, 0) is 14.2 Å². The maximum atomic E-state index is 13.8. The van der Waals surface area contributed by atoms with Crippen molar-refractivity contribution < 1.29 is 23.7 Å². The number of aliphatic hydroxyl groups excluding tert-OH is 1. The molecule has 0 amide bonds. The van der Waals surface area contributed by atoms with E-state index in [1.54, 1.807) is 6.08 Å². The maximum Gasteiger partial charge on any atom is 0.169 e. The highest BCUT2D eigenvalue weighted by atomic mass is 19.1. The summed E-state index contributed by atoms with van der Waals surface area (Å²) in [5.41, 5.74) is 0. The Bertz CT molecular complexity index is 291. The molecule has 2 fully saturated rings. The zero-order valence-electron chi connectivity index (χ0n) is 11.2. The Kier molecular flexibility index (Phi) is 5.33. The van der Waals surface area contributed by atoms with Crippen LogP contribution in [0.3, 0.4) is 0 Å². The molecule has 2 aliphatic rings. The first-order valence-electron chi connectivity index (χ1n) is 7.00. The van der Waals surface area contributed by atoms with Crippen molar-refractivity contribution in [1.29, 1.82) is 0 Å². The first-order chi connectivity index (χ1) is 9.21. The minimum absolute atomic E-state index is 0.234. The highest BCUT2D eigenvalue weighted by Gasteiger charge is 2.46. The molecule has 2 rings (SSSR count). The van der Waals surface area contributed by atoms with Crippen molar-refractivity contribution in [2.24, 2.45) is 0 Å². The predicted molar refractivity (Wildman–Crippen MR) is 68.6 cm³/mol. The van der Waals surface area contributed by atoms with Crippen LogP contribution in [0.4, 0.5) is 4.39 Å². The van der Waals surface area contributed by atoms with Crippen molar-refractivity contribution in [1.82, 2.24) is 0 Å². The lowest BCUT2D eigenvalue weighted by Gasteiger charge is -2.33. The largest absolute Gasteiger partial charge is 0.393 e. The van der Waals surface area contributed by atoms with E-state index < -0.39 is 30.8 Å². The van der Waals surface area contributed by atoms with Crippen molar-refractivity contribution in [2.45, 2.75) is 56.3 Å². The summed E-state index contributed by atoms with van der Waals surface area (Å²) in [4.78, 5) is 0. The van der Waals surface area contributed by atoms with Gasteiger partial charge < -0.3 is 19.3 Å². The van der Waals surface area contributed by atoms with Crippen molar-refractivity contribution >= 4 is 0 Å². The number of hydrogen-bond donors (Lipinski definition) is 1. The topological polar surface area (TPSA) is 47.9 Å². The Morgan fingerprint density at radius 2 is 2.16 bits per heavy atom. The molecule has 0 bridgehead atoms. The normalized spacial score (nSPS) is 29.3. The Balaban J connectivity index is 1.96. The lowest BCUT2D eigenvalue weighted by Crippen LogP contribution is -2.42. The summed E-state index contributed by atoms with van der Waals surface area (Å²) in [6.07, 6.45) is 3.88. The highest BCUT2D eigenvalue weighted by molar-refractivity contribution is 4.89. The lowest BCUT2D eigenvalue weighted by molar-refractivity contribution is -0.202. The lowest BCUT2D eigenvalue weighted by atomic mass is 9.94. The monoisotopic (exact) mass is 274 g/mol. The van der Waals surface area contributed by atoms with Crippen LogP contribution in [0.1, 0.15) is 32.1 Å². The molecule has 110 valence electrons. The van der Waals surface area contributed by atoms with Crippen LogP contribution in [-0.4, -0.2) is 49.1 Å². The molecule has 1 spiro atoms. The van der Waals surface area contributed by atoms with E-state index in [4.69, 9.17) is 19.3 Å². The molecule has 1 N–H and O–H groups in total. The average Bonchev–Trinajstić information content (AvgIpc) is 2.83. The van der Waals surface area contributed by atoms with Crippen LogP contribution in [0.2, 0.25) is 0 Å². The van der Waals surface area contributed by atoms with Crippen LogP contribution in [0, 0.1) is 0 Å². The average molecular weight is 274 g/mol. The van der Waals surface area contributed by atoms with E-state index in [9.17, 15) is 4.39 Å². The third-order valence-corrected chi connectivity index (χ3v) is 3.80. The minimum atomic E-state index is -1.47. The summed E-state index contributed by atoms with van der Waals surface area (Å²) in [6, 6.07) is 0. The van der Waals surface area contributed by atoms with Gasteiger partial charge in [-0.2, -0.15) is 0 Å². The molecular weight excluding hydrogens is 251 g/mol. The van der Waals surface area contributed by atoms with Gasteiger partial charge in [0.1, 0.15) is 12.2 Å². The SMILES string of the molecule is C=CCO[C@@H]([C@@H](F)CO)[C@H]1COC2(CCCCC2)O1. The summed E-state index contributed by atoms with van der Waals surface area (Å²) in [5.74, 6) is -0.548. The number of rotatable bonds is 6. The van der Waals surface area contributed by atoms with E-state index in [2.05, 4.69) is 6.58 Å². The van der Waals surface area contributed by atoms with E-state index in [1.165, 1.54) is 6.42 Å². The van der Waals surface area contributed by atoms with Crippen LogP contribution in [0.15, 0.2) is 12.7 Å². The van der Waals surface area contributed by atoms with Gasteiger partial charge in [0, 0.05) is 12.8 Å². The Labute approximate surface area is 113 Å². The molecule has 1 heterocycles. The molecule has 4 nitrogen and oxygen atoms in total. The van der Waals surface area contributed by atoms with E-state index in [-0.39, 0.29) is 6.61 Å². The van der Waals surface area contributed by atoms with Gasteiger partial charge in [0.25, 0.3) is 0 Å². The van der Waals surface area contributed by atoms with Crippen LogP contribution < -0.4 is 0 Å². The molecule has 5 heteroatoms. The van der Waals surface area contributed by atoms with E-state index in [1.807, 2.05) is 0 Å². The molecular formula is C14H23FO4. The van der Waals surface area contributed by atoms with Gasteiger partial charge in [-0.25, -0.2) is 4.39 Å². The summed E-state index contributed by atoms with van der Waals surface area (Å²) in [7, 11) is 0. The molecule has 0 unspecified atom stereocenters. The summed E-state index contributed by atoms with van der Waals surface area (Å²) in [5, 5.41) is 8.99. The van der Waals surface area contributed by atoms with E-state index >= 15 is 0 Å². The Morgan fingerprint density at radius 1 is 1.42 bits per heavy atom. The molecule has 0 aromatic carbocycles. The molecule has 0 aromatic heterocycles. The first kappa shape index (κ1) is 14.9. The molecule has 1 aliphatic heterocycles. The van der Waals surface area contributed by atoms with Gasteiger partial charge in [0.2, 0.25) is 0 Å². The molecule has 1 aliphatic carbocycles. The quantitative estimate of drug-likeness (QED) is 0.752. The van der Waals surface area contributed by atoms with Crippen LogP contribution >= 0.6 is 0 Å². The summed E-state index contributed by atoms with van der Waals surface area (Å²) < 4.78 is 30.9. The Hall–Kier alpha value is -0.490. The second kappa shape index (κ2) is 6.79. The van der Waals surface area contributed by atoms with Crippen molar-refractivity contribution in [3.8, 4) is 0 Å². The zero-order chi connectivity index (χ0) is 13.7. The number of ether oxygens (including phenoxy) is 3. The highest BCUT2D eigenvalue weighted by Crippen LogP contribution is 2.39. The third-order valence-electron chi connectivity index (χ3n) is 3.80. The van der Waals surface area contributed by atoms with Gasteiger partial charge in [0.15, 0.2) is 12.0 Å². The van der Waals surface area contributed by atoms with Gasteiger partial charge in [0.05, 0.1) is 19.8 Å². The Morgan fingerprint density at radius 3 is 2.79 bits per heavy atom. The molecule has 0 radical (unpaired) electrons. The van der Waals surface area contributed by atoms with Gasteiger partial charge in [-0.15, -0.1) is 6.58 Å². The molecule has 1 saturated carbocycles. The minimum Gasteiger partial charge on any atom is -0.393 e. The molecule has 3 atom stereocenters. The van der Waals surface area contributed by atoms with Gasteiger partial charge >= 0.3 is 0 Å². The number of hydrogen-bond acceptors (Lipinski definition) is 4. The second-order valence-corrected chi connectivity index (χ2v) is 5.22. The number of alkyl halides is 1. The fraction of sp³-hybridized carbons (Fsp3) is 0.857. The maximum absolute atomic E-state index is 13.8. The third kappa shape index (κ3) is 3.54. The van der Waals surface area contributed by atoms with Gasteiger partial charge in [-0.3, -0.25) is 0 Å². The molecule has 0 aromatic rings.